The molecule has 0 spiro atoms. The summed E-state index contributed by atoms with van der Waals surface area (Å²) in [6, 6.07) is 10.1. The van der Waals surface area contributed by atoms with Gasteiger partial charge in [0, 0.05) is 0 Å². The maximum absolute atomic E-state index is 9.69. The molecule has 4 N–H and O–H groups in total. The van der Waals surface area contributed by atoms with Crippen LogP contribution in [-0.4, -0.2) is 19.8 Å². The van der Waals surface area contributed by atoms with E-state index in [4.69, 9.17) is 19.2 Å². The van der Waals surface area contributed by atoms with Gasteiger partial charge in [0.1, 0.15) is 5.75 Å². The lowest BCUT2D eigenvalue weighted by molar-refractivity contribution is 0.275. The van der Waals surface area contributed by atoms with E-state index in [2.05, 4.69) is 39.0 Å². The van der Waals surface area contributed by atoms with Crippen LogP contribution in [-0.2, 0) is 4.57 Å². The smallest absolute Gasteiger partial charge is 0.466 e. The van der Waals surface area contributed by atoms with Gasteiger partial charge in [-0.2, -0.15) is 0 Å². The molecule has 0 aliphatic carbocycles. The van der Waals surface area contributed by atoms with Crippen molar-refractivity contribution in [1.82, 2.24) is 0 Å². The number of aromatic hydroxyl groups is 1. The number of aryl methyl sites for hydroxylation is 3. The maximum Gasteiger partial charge on any atom is 0.466 e. The highest BCUT2D eigenvalue weighted by Crippen LogP contribution is 2.25. The molecular formula is C18H23O5P. The van der Waals surface area contributed by atoms with E-state index in [-0.39, 0.29) is 0 Å². The van der Waals surface area contributed by atoms with Gasteiger partial charge in [0.25, 0.3) is 0 Å². The molecule has 5 nitrogen and oxygen atoms in total. The third-order valence-electron chi connectivity index (χ3n) is 3.65. The Bertz CT molecular complexity index is 759. The monoisotopic (exact) mass is 350 g/mol. The summed E-state index contributed by atoms with van der Waals surface area (Å²) >= 11 is 0. The Hall–Kier alpha value is -1.91. The van der Waals surface area contributed by atoms with Crippen LogP contribution in [0.15, 0.2) is 30.3 Å². The zero-order valence-electron chi connectivity index (χ0n) is 14.2. The van der Waals surface area contributed by atoms with Crippen molar-refractivity contribution >= 4 is 20.0 Å². The van der Waals surface area contributed by atoms with Crippen LogP contribution in [0.5, 0.6) is 5.75 Å². The van der Waals surface area contributed by atoms with Gasteiger partial charge in [0.15, 0.2) is 0 Å². The first-order chi connectivity index (χ1) is 11.0. The first-order valence-electron chi connectivity index (χ1n) is 7.31. The highest BCUT2D eigenvalue weighted by atomic mass is 31.2. The Morgan fingerprint density at radius 1 is 0.792 bits per heavy atom. The van der Waals surface area contributed by atoms with Crippen LogP contribution in [0.4, 0.5) is 0 Å². The minimum absolute atomic E-state index is 0.346. The Balaban J connectivity index is 0.000000505. The molecule has 6 heteroatoms. The molecule has 2 aromatic rings. The van der Waals surface area contributed by atoms with Crippen molar-refractivity contribution in [2.75, 3.05) is 0 Å². The quantitative estimate of drug-likeness (QED) is 0.487. The highest BCUT2D eigenvalue weighted by molar-refractivity contribution is 7.45. The first-order valence-corrected chi connectivity index (χ1v) is 8.87. The van der Waals surface area contributed by atoms with E-state index in [9.17, 15) is 5.11 Å². The summed E-state index contributed by atoms with van der Waals surface area (Å²) in [5.41, 5.74) is 7.08. The topological polar surface area (TPSA) is 98.0 Å². The molecule has 0 saturated heterocycles. The molecule has 2 rings (SSSR count). The summed E-state index contributed by atoms with van der Waals surface area (Å²) in [6.45, 7) is 8.32. The van der Waals surface area contributed by atoms with Gasteiger partial charge >= 0.3 is 7.82 Å². The normalized spacial score (nSPS) is 11.3. The van der Waals surface area contributed by atoms with Crippen LogP contribution in [0.2, 0.25) is 0 Å². The maximum atomic E-state index is 9.69. The minimum atomic E-state index is -4.64. The second-order valence-corrected chi connectivity index (χ2v) is 6.70. The molecule has 24 heavy (non-hydrogen) atoms. The van der Waals surface area contributed by atoms with Crippen molar-refractivity contribution < 1.29 is 24.4 Å². The lowest BCUT2D eigenvalue weighted by atomic mass is 10.00. The van der Waals surface area contributed by atoms with Crippen LogP contribution in [0.25, 0.3) is 12.2 Å². The van der Waals surface area contributed by atoms with E-state index in [1.54, 1.807) is 6.07 Å². The van der Waals surface area contributed by atoms with E-state index in [1.165, 1.54) is 22.3 Å². The van der Waals surface area contributed by atoms with E-state index in [0.29, 0.717) is 5.75 Å². The van der Waals surface area contributed by atoms with E-state index in [0.717, 1.165) is 11.1 Å². The van der Waals surface area contributed by atoms with Crippen LogP contribution < -0.4 is 0 Å². The van der Waals surface area contributed by atoms with Crippen LogP contribution in [0.3, 0.4) is 0 Å². The average molecular weight is 350 g/mol. The number of phosphoric acid groups is 1. The molecule has 0 unspecified atom stereocenters. The summed E-state index contributed by atoms with van der Waals surface area (Å²) in [7, 11) is -4.64. The van der Waals surface area contributed by atoms with Gasteiger partial charge in [0.2, 0.25) is 0 Å². The van der Waals surface area contributed by atoms with E-state index < -0.39 is 7.82 Å². The van der Waals surface area contributed by atoms with Crippen LogP contribution in [0, 0.1) is 27.7 Å². The molecule has 0 aliphatic heterocycles. The van der Waals surface area contributed by atoms with Crippen LogP contribution in [0.1, 0.15) is 33.4 Å². The van der Waals surface area contributed by atoms with Crippen molar-refractivity contribution in [1.29, 1.82) is 0 Å². The fraction of sp³-hybridized carbons (Fsp3) is 0.222. The van der Waals surface area contributed by atoms with Gasteiger partial charge in [-0.25, -0.2) is 4.57 Å². The first kappa shape index (κ1) is 20.1. The van der Waals surface area contributed by atoms with Gasteiger partial charge < -0.3 is 19.8 Å². The molecule has 0 heterocycles. The second kappa shape index (κ2) is 8.27. The van der Waals surface area contributed by atoms with Crippen molar-refractivity contribution in [2.45, 2.75) is 27.7 Å². The average Bonchev–Trinajstić information content (AvgIpc) is 2.44. The van der Waals surface area contributed by atoms with Gasteiger partial charge in [0.05, 0.1) is 0 Å². The number of rotatable bonds is 2. The SMILES string of the molecule is Cc1ccc(C=Cc2cc(C)c(C)c(C)c2)cc1O.O=P(O)(O)O. The molecule has 0 saturated carbocycles. The molecule has 2 aromatic carbocycles. The Morgan fingerprint density at radius 2 is 1.25 bits per heavy atom. The number of phenols is 1. The zero-order chi connectivity index (χ0) is 18.5. The number of hydrogen-bond donors (Lipinski definition) is 4. The molecule has 0 atom stereocenters. The highest BCUT2D eigenvalue weighted by Gasteiger charge is 2.00. The lowest BCUT2D eigenvalue weighted by Crippen LogP contribution is -1.87. The Morgan fingerprint density at radius 3 is 1.71 bits per heavy atom. The van der Waals surface area contributed by atoms with Crippen LogP contribution >= 0.6 is 7.82 Å². The van der Waals surface area contributed by atoms with Crippen molar-refractivity contribution in [3.8, 4) is 5.75 Å². The molecule has 0 fully saturated rings. The van der Waals surface area contributed by atoms with Crippen molar-refractivity contribution in [3.63, 3.8) is 0 Å². The zero-order valence-corrected chi connectivity index (χ0v) is 15.1. The van der Waals surface area contributed by atoms with Gasteiger partial charge in [-0.1, -0.05) is 36.4 Å². The summed E-state index contributed by atoms with van der Waals surface area (Å²) in [5.74, 6) is 0.346. The van der Waals surface area contributed by atoms with E-state index >= 15 is 0 Å². The molecule has 0 bridgehead atoms. The predicted octanol–water partition coefficient (Wildman–Crippen LogP) is 3.87. The molecule has 130 valence electrons. The molecule has 0 aromatic heterocycles. The number of hydrogen-bond acceptors (Lipinski definition) is 2. The third kappa shape index (κ3) is 7.11. The van der Waals surface area contributed by atoms with Crippen molar-refractivity contribution in [2.24, 2.45) is 0 Å². The minimum Gasteiger partial charge on any atom is -0.508 e. The molecule has 0 radical (unpaired) electrons. The van der Waals surface area contributed by atoms with Gasteiger partial charge in [-0.3, -0.25) is 0 Å². The molecular weight excluding hydrogens is 327 g/mol. The summed E-state index contributed by atoms with van der Waals surface area (Å²) in [5, 5.41) is 9.69. The molecule has 0 aliphatic rings. The number of phenolic OH excluding ortho intramolecular Hbond substituents is 1. The Labute approximate surface area is 142 Å². The predicted molar refractivity (Wildman–Crippen MR) is 96.7 cm³/mol. The summed E-state index contributed by atoms with van der Waals surface area (Å²) in [6.07, 6.45) is 4.12. The largest absolute Gasteiger partial charge is 0.508 e. The molecule has 0 amide bonds. The fourth-order valence-corrected chi connectivity index (χ4v) is 2.09. The van der Waals surface area contributed by atoms with Gasteiger partial charge in [-0.05, 0) is 67.1 Å². The lowest BCUT2D eigenvalue weighted by Gasteiger charge is -2.06. The third-order valence-corrected chi connectivity index (χ3v) is 3.65. The Kier molecular flexibility index (Phi) is 6.93. The second-order valence-electron chi connectivity index (χ2n) is 5.67. The van der Waals surface area contributed by atoms with E-state index in [1.807, 2.05) is 25.1 Å². The fourth-order valence-electron chi connectivity index (χ4n) is 2.09. The van der Waals surface area contributed by atoms with Gasteiger partial charge in [-0.15, -0.1) is 0 Å². The standard InChI is InChI=1S/C18H20O.H3O4P/c1-12-5-6-16(11-18(12)19)7-8-17-9-13(2)15(4)14(3)10-17;1-5(2,3)4/h5-11,19H,1-4H3;(H3,1,2,3,4). The summed E-state index contributed by atoms with van der Waals surface area (Å²) in [4.78, 5) is 21.6. The summed E-state index contributed by atoms with van der Waals surface area (Å²) < 4.78 is 8.88. The van der Waals surface area contributed by atoms with Crippen molar-refractivity contribution in [3.05, 3.63) is 63.7 Å². The number of benzene rings is 2.